The molecule has 0 radical (unpaired) electrons. The van der Waals surface area contributed by atoms with E-state index in [1.165, 1.54) is 12.1 Å². The molecule has 1 rings (SSSR count). The van der Waals surface area contributed by atoms with Crippen molar-refractivity contribution in [1.82, 2.24) is 4.72 Å². The van der Waals surface area contributed by atoms with Crippen LogP contribution in [0.3, 0.4) is 0 Å². The second-order valence-corrected chi connectivity index (χ2v) is 5.04. The number of halogens is 3. The predicted octanol–water partition coefficient (Wildman–Crippen LogP) is 1.75. The summed E-state index contributed by atoms with van der Waals surface area (Å²) in [6.45, 7) is 0. The summed E-state index contributed by atoms with van der Waals surface area (Å²) in [4.78, 5) is 0. The number of alkyl halides is 3. The highest BCUT2D eigenvalue weighted by molar-refractivity contribution is 7.88. The largest absolute Gasteiger partial charge is 0.416 e. The minimum absolute atomic E-state index is 0.260. The molecule has 1 N–H and O–H groups in total. The van der Waals surface area contributed by atoms with Crippen molar-refractivity contribution in [2.45, 2.75) is 11.9 Å². The lowest BCUT2D eigenvalue weighted by Crippen LogP contribution is -2.22. The fourth-order valence-corrected chi connectivity index (χ4v) is 2.01. The molecule has 0 aliphatic carbocycles. The van der Waals surface area contributed by atoms with Gasteiger partial charge in [-0.25, -0.2) is 13.1 Å². The Kier molecular flexibility index (Phi) is 3.59. The fourth-order valence-electron chi connectivity index (χ4n) is 1.20. The van der Waals surface area contributed by atoms with Crippen LogP contribution < -0.4 is 4.72 Å². The zero-order valence-corrected chi connectivity index (χ0v) is 9.19. The summed E-state index contributed by atoms with van der Waals surface area (Å²) < 4.78 is 61.8. The molecule has 0 aliphatic heterocycles. The molecule has 16 heavy (non-hydrogen) atoms. The molecular formula is C9H10F3NO2S. The summed E-state index contributed by atoms with van der Waals surface area (Å²) in [5, 5.41) is 0. The van der Waals surface area contributed by atoms with Crippen LogP contribution in [0, 0.1) is 0 Å². The number of hydrogen-bond acceptors (Lipinski definition) is 2. The van der Waals surface area contributed by atoms with Crippen LogP contribution >= 0.6 is 0 Å². The van der Waals surface area contributed by atoms with E-state index >= 15 is 0 Å². The zero-order chi connectivity index (χ0) is 12.4. The molecule has 0 heterocycles. The monoisotopic (exact) mass is 253 g/mol. The van der Waals surface area contributed by atoms with Gasteiger partial charge >= 0.3 is 6.18 Å². The maximum Gasteiger partial charge on any atom is 0.416 e. The predicted molar refractivity (Wildman–Crippen MR) is 53.1 cm³/mol. The summed E-state index contributed by atoms with van der Waals surface area (Å²) in [5.41, 5.74) is -1.18. The van der Waals surface area contributed by atoms with E-state index in [1.807, 2.05) is 4.72 Å². The van der Waals surface area contributed by atoms with Crippen molar-refractivity contribution in [3.8, 4) is 0 Å². The van der Waals surface area contributed by atoms with Crippen LogP contribution in [0.4, 0.5) is 13.2 Å². The first-order valence-electron chi connectivity index (χ1n) is 4.32. The van der Waals surface area contributed by atoms with Gasteiger partial charge in [0.05, 0.1) is 11.3 Å². The molecule has 90 valence electrons. The van der Waals surface area contributed by atoms with Gasteiger partial charge in [-0.15, -0.1) is 0 Å². The van der Waals surface area contributed by atoms with E-state index in [1.54, 1.807) is 0 Å². The SMILES string of the molecule is CNS(=O)(=O)Cc1ccccc1C(F)(F)F. The third kappa shape index (κ3) is 3.21. The second-order valence-electron chi connectivity index (χ2n) is 3.12. The van der Waals surface area contributed by atoms with Gasteiger partial charge in [-0.3, -0.25) is 0 Å². The van der Waals surface area contributed by atoms with Crippen molar-refractivity contribution in [1.29, 1.82) is 0 Å². The Hall–Kier alpha value is -1.08. The van der Waals surface area contributed by atoms with Crippen LogP contribution in [0.2, 0.25) is 0 Å². The molecule has 1 aromatic rings. The number of sulfonamides is 1. The second kappa shape index (κ2) is 4.42. The van der Waals surface area contributed by atoms with Gasteiger partial charge in [-0.2, -0.15) is 13.2 Å². The molecule has 0 fully saturated rings. The van der Waals surface area contributed by atoms with Gasteiger partial charge in [0.2, 0.25) is 10.0 Å². The topological polar surface area (TPSA) is 46.2 Å². The van der Waals surface area contributed by atoms with E-state index in [2.05, 4.69) is 0 Å². The maximum absolute atomic E-state index is 12.5. The zero-order valence-electron chi connectivity index (χ0n) is 8.38. The highest BCUT2D eigenvalue weighted by Crippen LogP contribution is 2.32. The molecule has 0 saturated carbocycles. The van der Waals surface area contributed by atoms with Crippen molar-refractivity contribution in [3.63, 3.8) is 0 Å². The summed E-state index contributed by atoms with van der Waals surface area (Å²) >= 11 is 0. The van der Waals surface area contributed by atoms with Gasteiger partial charge in [-0.1, -0.05) is 18.2 Å². The lowest BCUT2D eigenvalue weighted by Gasteiger charge is -2.12. The first kappa shape index (κ1) is 13.0. The smallest absolute Gasteiger partial charge is 0.218 e. The molecule has 0 atom stereocenters. The van der Waals surface area contributed by atoms with Crippen molar-refractivity contribution < 1.29 is 21.6 Å². The Morgan fingerprint density at radius 2 is 1.81 bits per heavy atom. The fraction of sp³-hybridized carbons (Fsp3) is 0.333. The highest BCUT2D eigenvalue weighted by atomic mass is 32.2. The normalized spacial score (nSPS) is 12.8. The Morgan fingerprint density at radius 3 is 2.31 bits per heavy atom. The van der Waals surface area contributed by atoms with E-state index in [0.29, 0.717) is 0 Å². The van der Waals surface area contributed by atoms with Crippen molar-refractivity contribution >= 4 is 10.0 Å². The average molecular weight is 253 g/mol. The molecule has 3 nitrogen and oxygen atoms in total. The van der Waals surface area contributed by atoms with Gasteiger partial charge in [0.1, 0.15) is 0 Å². The average Bonchev–Trinajstić information content (AvgIpc) is 2.16. The van der Waals surface area contributed by atoms with E-state index < -0.39 is 27.5 Å². The molecule has 0 bridgehead atoms. The van der Waals surface area contributed by atoms with Crippen molar-refractivity contribution in [3.05, 3.63) is 35.4 Å². The number of rotatable bonds is 3. The Labute approximate surface area is 91.3 Å². The van der Waals surface area contributed by atoms with Crippen LogP contribution in [0.5, 0.6) is 0 Å². The van der Waals surface area contributed by atoms with Crippen LogP contribution in [-0.4, -0.2) is 15.5 Å². The Balaban J connectivity index is 3.16. The van der Waals surface area contributed by atoms with Gasteiger partial charge in [0.15, 0.2) is 0 Å². The van der Waals surface area contributed by atoms with Crippen molar-refractivity contribution in [2.24, 2.45) is 0 Å². The van der Waals surface area contributed by atoms with Crippen LogP contribution in [0.25, 0.3) is 0 Å². The maximum atomic E-state index is 12.5. The van der Waals surface area contributed by atoms with Crippen molar-refractivity contribution in [2.75, 3.05) is 7.05 Å². The molecule has 0 saturated heterocycles. The van der Waals surface area contributed by atoms with E-state index in [4.69, 9.17) is 0 Å². The summed E-state index contributed by atoms with van der Waals surface area (Å²) in [6, 6.07) is 4.60. The molecule has 0 amide bonds. The molecular weight excluding hydrogens is 243 g/mol. The molecule has 1 aromatic carbocycles. The lowest BCUT2D eigenvalue weighted by atomic mass is 10.1. The third-order valence-electron chi connectivity index (χ3n) is 1.98. The van der Waals surface area contributed by atoms with E-state index in [-0.39, 0.29) is 5.56 Å². The van der Waals surface area contributed by atoms with Gasteiger partial charge in [0.25, 0.3) is 0 Å². The van der Waals surface area contributed by atoms with Gasteiger partial charge in [-0.05, 0) is 18.7 Å². The summed E-state index contributed by atoms with van der Waals surface area (Å²) in [7, 11) is -2.55. The Bertz CT molecular complexity index is 468. The Morgan fingerprint density at radius 1 is 1.25 bits per heavy atom. The molecule has 0 aliphatic rings. The third-order valence-corrected chi connectivity index (χ3v) is 3.29. The first-order chi connectivity index (χ1) is 7.26. The van der Waals surface area contributed by atoms with Gasteiger partial charge < -0.3 is 0 Å². The van der Waals surface area contributed by atoms with Crippen LogP contribution in [0.15, 0.2) is 24.3 Å². The molecule has 0 spiro atoms. The number of benzene rings is 1. The summed E-state index contributed by atoms with van der Waals surface area (Å²) in [5.74, 6) is -0.681. The highest BCUT2D eigenvalue weighted by Gasteiger charge is 2.33. The minimum Gasteiger partial charge on any atom is -0.218 e. The van der Waals surface area contributed by atoms with Gasteiger partial charge in [0, 0.05) is 0 Å². The number of nitrogens with one attached hydrogen (secondary N) is 1. The lowest BCUT2D eigenvalue weighted by molar-refractivity contribution is -0.138. The minimum atomic E-state index is -4.54. The molecule has 7 heteroatoms. The van der Waals surface area contributed by atoms with E-state index in [9.17, 15) is 21.6 Å². The van der Waals surface area contributed by atoms with Crippen LogP contribution in [0.1, 0.15) is 11.1 Å². The first-order valence-corrected chi connectivity index (χ1v) is 5.98. The molecule has 0 unspecified atom stereocenters. The summed E-state index contributed by atoms with van der Waals surface area (Å²) in [6.07, 6.45) is -4.54. The van der Waals surface area contributed by atoms with Crippen LogP contribution in [-0.2, 0) is 22.0 Å². The number of hydrogen-bond donors (Lipinski definition) is 1. The van der Waals surface area contributed by atoms with E-state index in [0.717, 1.165) is 19.2 Å². The standard InChI is InChI=1S/C9H10F3NO2S/c1-13-16(14,15)6-7-4-2-3-5-8(7)9(10,11)12/h2-5,13H,6H2,1H3. The molecule has 0 aromatic heterocycles. The quantitative estimate of drug-likeness (QED) is 0.892.